The van der Waals surface area contributed by atoms with Gasteiger partial charge >= 0.3 is 113 Å². The van der Waals surface area contributed by atoms with E-state index in [1.807, 2.05) is 210 Å². The summed E-state index contributed by atoms with van der Waals surface area (Å²) in [5.41, 5.74) is 32.6. The van der Waals surface area contributed by atoms with Gasteiger partial charge in [-0.15, -0.1) is 83.5 Å². The van der Waals surface area contributed by atoms with E-state index in [0.717, 1.165) is 44.2 Å². The van der Waals surface area contributed by atoms with Crippen molar-refractivity contribution in [2.75, 3.05) is 10.0 Å². The van der Waals surface area contributed by atoms with Crippen molar-refractivity contribution in [3.05, 3.63) is 446 Å². The first-order chi connectivity index (χ1) is 68.6. The van der Waals surface area contributed by atoms with Crippen LogP contribution >= 0.6 is 49.2 Å². The van der Waals surface area contributed by atoms with Crippen LogP contribution in [0.25, 0.3) is 111 Å². The molecule has 0 fully saturated rings. The summed E-state index contributed by atoms with van der Waals surface area (Å²) in [5.74, 6) is 5.98. The number of aromatic nitrogens is 8. The molecule has 0 amide bonds. The molecule has 0 bridgehead atoms. The average molecular weight is 2650 g/mol. The summed E-state index contributed by atoms with van der Waals surface area (Å²) < 4.78 is 33.2. The Morgan fingerprint density at radius 2 is 0.727 bits per heavy atom. The maximum absolute atomic E-state index is 5.93. The molecule has 0 saturated carbocycles. The molecule has 2 atom stereocenters. The van der Waals surface area contributed by atoms with E-state index in [1.165, 1.54) is 117 Å². The van der Waals surface area contributed by atoms with E-state index in [0.29, 0.717) is 69.6 Å². The number of hydrogen-bond donors (Lipinski definition) is 0. The van der Waals surface area contributed by atoms with Crippen molar-refractivity contribution in [3.8, 4) is 136 Å². The van der Waals surface area contributed by atoms with Crippen molar-refractivity contribution < 1.29 is 98.6 Å². The van der Waals surface area contributed by atoms with Crippen LogP contribution < -0.4 is 29.0 Å². The van der Waals surface area contributed by atoms with Crippen LogP contribution in [0.15, 0.2) is 394 Å². The van der Waals surface area contributed by atoms with Crippen LogP contribution in [-0.4, -0.2) is 51.5 Å². The fraction of sp³-hybridized carbons (Fsp3) is 0.115. The van der Waals surface area contributed by atoms with E-state index < -0.39 is 0 Å². The molecule has 8 heterocycles. The van der Waals surface area contributed by atoms with E-state index in [2.05, 4.69) is 276 Å². The zero-order valence-electron chi connectivity index (χ0n) is 75.4. The minimum atomic E-state index is 0.0382. The second kappa shape index (κ2) is 53.4. The smallest absolute Gasteiger partial charge is 0.247 e. The monoisotopic (exact) mass is 2650 g/mol. The van der Waals surface area contributed by atoms with Crippen LogP contribution in [0.3, 0.4) is 0 Å². The number of benzene rings is 12. The first-order valence-corrected chi connectivity index (χ1v) is 56.4. The zero-order chi connectivity index (χ0) is 96.9. The van der Waals surface area contributed by atoms with Crippen molar-refractivity contribution in [2.45, 2.75) is 83.7 Å². The van der Waals surface area contributed by atoms with Gasteiger partial charge in [0, 0.05) is 88.6 Å². The van der Waals surface area contributed by atoms with Gasteiger partial charge in [0.15, 0.2) is 0 Å². The summed E-state index contributed by atoms with van der Waals surface area (Å²) in [6.45, 7) is 8.88. The van der Waals surface area contributed by atoms with Crippen LogP contribution in [0.5, 0.6) is 46.5 Å². The van der Waals surface area contributed by atoms with Crippen LogP contribution in [-0.2, 0) is 80.5 Å². The number of anilines is 2. The van der Waals surface area contributed by atoms with Gasteiger partial charge in [0.2, 0.25) is 29.4 Å². The van der Waals surface area contributed by atoms with E-state index >= 15 is 0 Å². The summed E-state index contributed by atoms with van der Waals surface area (Å²) in [6.07, 6.45) is 18.3. The molecule has 0 N–H and O–H groups in total. The molecule has 3 aliphatic rings. The number of pyridine rings is 4. The Labute approximate surface area is 877 Å². The van der Waals surface area contributed by atoms with E-state index in [-0.39, 0.29) is 17.5 Å². The molecule has 710 valence electrons. The number of fused-ring (bicyclic) bond motifs is 3. The third-order valence-corrected chi connectivity index (χ3v) is 23.4. The standard InChI is InChI=1S/C36H37N3O.C27H21N3O.C25H16N3O2.C25H16N3OS.4ClH.4Pt/c1-4-6-20-36(21-7-5-2)33-16-9-8-15-30(33)31-19-18-27(23-34(31)36)32-25-39(38-26(32)3)28-13-12-14-29(24-28)40-35-17-10-11-22-37-35;1-20-26(23-15-13-22(14-16-23)21-8-3-2-4-9-21)19-30(29-20)24-10-7-11-25(18-24)31-27-12-5-6-17-28-27;2*1-2-7-18(8-3-1)19-12-14-20(15-13-19)25-27-24(28-30-25)21-9-6-10-22(17-21)29-23-11-4-5-16-26-23;;;;;;;;/h8-19,22-23,25-26H,4-7,20-21H2,1-3H3;2-17,19-20H,1H3;2*1-16H;4*1H;;;;/q2*-2;2*-1;;;;;2*+1;2*+2/p-4. The molecule has 1 aliphatic carbocycles. The molecule has 0 spiro atoms. The van der Waals surface area contributed by atoms with E-state index in [1.54, 1.807) is 112 Å². The minimum absolute atomic E-state index is 0.0382. The van der Waals surface area contributed by atoms with Gasteiger partial charge in [-0.1, -0.05) is 307 Å². The number of halogens is 4. The fourth-order valence-corrected chi connectivity index (χ4v) is 16.7. The maximum atomic E-state index is 5.93. The normalized spacial score (nSPS) is 13.2. The zero-order valence-corrected chi connectivity index (χ0v) is 88.4. The van der Waals surface area contributed by atoms with Gasteiger partial charge in [-0.05, 0) is 157 Å². The molecule has 6 aromatic heterocycles. The van der Waals surface area contributed by atoms with Crippen molar-refractivity contribution in [2.24, 2.45) is 0 Å². The number of rotatable bonds is 25. The fourth-order valence-electron chi connectivity index (χ4n) is 16.1. The molecule has 2 aliphatic heterocycles. The molecule has 139 heavy (non-hydrogen) atoms. The molecular weight excluding hydrogens is 2560 g/mol. The predicted molar refractivity (Wildman–Crippen MR) is 546 cm³/mol. The molecule has 21 rings (SSSR count). The van der Waals surface area contributed by atoms with Crippen molar-refractivity contribution >= 4 is 71.7 Å². The number of ether oxygens (including phenoxy) is 4. The predicted octanol–water partition coefficient (Wildman–Crippen LogP) is 32.1. The van der Waals surface area contributed by atoms with Gasteiger partial charge in [-0.3, -0.25) is 4.98 Å². The minimum Gasteiger partial charge on any atom is -0.459 e. The van der Waals surface area contributed by atoms with Crippen LogP contribution in [0.1, 0.15) is 88.5 Å². The molecule has 12 aromatic carbocycles. The Balaban J connectivity index is 0.000000145. The Hall–Kier alpha value is -11.9. The number of unbranched alkanes of at least 4 members (excludes halogenated alkanes) is 2. The Morgan fingerprint density at radius 3 is 1.16 bits per heavy atom. The summed E-state index contributed by atoms with van der Waals surface area (Å²) in [6, 6.07) is 130. The second-order valence-electron chi connectivity index (χ2n) is 31.5. The first-order valence-electron chi connectivity index (χ1n) is 44.4. The molecule has 0 saturated heterocycles. The van der Waals surface area contributed by atoms with E-state index in [4.69, 9.17) is 39.3 Å². The SMILES string of the molecule is CC1[N-]N(c2[c-]c(Oc3ccccn3)ccc2)C=C1c1ccc(-c2ccccc2)cc1.CCCCC1(CCCC)c2ccccc2-c2ccc(C3=CN(c4[c-]c(Oc5ccccn5)ccc4)[N-]C3C)cc21.[Cl][Pt+].[Cl][Pt+].[Cl][Pt].[Cl][Pt].[c-]1c(Oc2ccccn2)cccc1-c1noc(-c2ccc(-c3ccccc3)cc2)n1.[c-]1c(Oc2ccccn2)cccc1-c1nsc(-c2ccc(-c3ccccc3)cc2)n1. The summed E-state index contributed by atoms with van der Waals surface area (Å²) in [4.78, 5) is 26.0. The molecule has 2 unspecified atom stereocenters. The van der Waals surface area contributed by atoms with Crippen LogP contribution in [0.2, 0.25) is 0 Å². The average Bonchev–Trinajstić information content (AvgIpc) is 1.56. The van der Waals surface area contributed by atoms with Crippen molar-refractivity contribution in [3.63, 3.8) is 0 Å². The quantitative estimate of drug-likeness (QED) is 0.0491. The molecule has 26 heteroatoms. The summed E-state index contributed by atoms with van der Waals surface area (Å²) in [7, 11) is 18.4. The molecular formula is C113H90Cl4N12O5Pt4S-4. The summed E-state index contributed by atoms with van der Waals surface area (Å²) in [5, 5.41) is 8.78. The van der Waals surface area contributed by atoms with Gasteiger partial charge < -0.3 is 44.3 Å². The maximum Gasteiger partial charge on any atom is 0.247 e. The van der Waals surface area contributed by atoms with Gasteiger partial charge in [-0.2, -0.15) is 12.1 Å². The second-order valence-corrected chi connectivity index (χ2v) is 32.2. The van der Waals surface area contributed by atoms with Gasteiger partial charge in [0.1, 0.15) is 10.8 Å². The van der Waals surface area contributed by atoms with Gasteiger partial charge in [-0.25, -0.2) is 29.3 Å². The first kappa shape index (κ1) is 103. The number of nitrogens with zero attached hydrogens (tertiary/aromatic N) is 12. The van der Waals surface area contributed by atoms with Crippen LogP contribution in [0, 0.1) is 24.3 Å². The summed E-state index contributed by atoms with van der Waals surface area (Å²) >= 11 is 7.82. The third-order valence-electron chi connectivity index (χ3n) is 22.6. The third kappa shape index (κ3) is 27.4. The van der Waals surface area contributed by atoms with Crippen molar-refractivity contribution in [1.29, 1.82) is 0 Å². The van der Waals surface area contributed by atoms with Crippen LogP contribution in [0.4, 0.5) is 11.4 Å². The molecule has 0 radical (unpaired) electrons. The Kier molecular flexibility index (Phi) is 39.6. The topological polar surface area (TPSA) is 188 Å². The largest absolute Gasteiger partial charge is 0.459 e. The van der Waals surface area contributed by atoms with E-state index in [9.17, 15) is 0 Å². The van der Waals surface area contributed by atoms with Gasteiger partial charge in [0.05, 0.1) is 5.82 Å². The Morgan fingerprint density at radius 1 is 0.367 bits per heavy atom. The Bertz CT molecular complexity index is 6700. The molecule has 18 aromatic rings. The van der Waals surface area contributed by atoms with Crippen molar-refractivity contribution in [1.82, 2.24) is 39.4 Å². The van der Waals surface area contributed by atoms with Gasteiger partial charge in [0.25, 0.3) is 0 Å². The molecule has 17 nitrogen and oxygen atoms in total. The number of hydrogen-bond acceptors (Lipinski definition) is 16.